The number of hydrogen-bond donors (Lipinski definition) is 1. The lowest BCUT2D eigenvalue weighted by molar-refractivity contribution is -0.384. The average Bonchev–Trinajstić information content (AvgIpc) is 3.08. The maximum Gasteiger partial charge on any atom is 0.273 e. The molecule has 1 amide bonds. The Morgan fingerprint density at radius 2 is 2.00 bits per heavy atom. The van der Waals surface area contributed by atoms with Gasteiger partial charge in [0, 0.05) is 17.2 Å². The zero-order valence-electron chi connectivity index (χ0n) is 14.0. The van der Waals surface area contributed by atoms with Gasteiger partial charge in [0.1, 0.15) is 11.6 Å². The Labute approximate surface area is 159 Å². The zero-order valence-corrected chi connectivity index (χ0v) is 14.8. The Hall–Kier alpha value is -3.39. The highest BCUT2D eigenvalue weighted by Crippen LogP contribution is 2.19. The van der Waals surface area contributed by atoms with Crippen molar-refractivity contribution in [2.75, 3.05) is 11.9 Å². The Balaban J connectivity index is 1.58. The normalized spacial score (nSPS) is 10.4. The van der Waals surface area contributed by atoms with E-state index < -0.39 is 10.8 Å². The van der Waals surface area contributed by atoms with Gasteiger partial charge in [0.05, 0.1) is 23.7 Å². The number of hydrogen-bond acceptors (Lipinski definition) is 5. The van der Waals surface area contributed by atoms with Gasteiger partial charge >= 0.3 is 0 Å². The second-order valence-corrected chi connectivity index (χ2v) is 6.03. The summed E-state index contributed by atoms with van der Waals surface area (Å²) in [7, 11) is 0. The molecular weight excluding hydrogens is 372 g/mol. The summed E-state index contributed by atoms with van der Waals surface area (Å²) in [5.41, 5.74) is 0.875. The fourth-order valence-electron chi connectivity index (χ4n) is 2.34. The number of nitrogens with one attached hydrogen (secondary N) is 1. The standard InChI is InChI=1S/C18H15ClN4O4/c19-14-6-4-13(5-7-14)11-22-17(8-9-20-22)21-18(24)12-27-16-3-1-2-15(10-16)23(25)26/h1-10H,11-12H2,(H,21,24). The molecule has 0 aliphatic carbocycles. The van der Waals surface area contributed by atoms with Crippen LogP contribution in [0.5, 0.6) is 5.75 Å². The van der Waals surface area contributed by atoms with Crippen molar-refractivity contribution in [3.05, 3.63) is 81.5 Å². The second-order valence-electron chi connectivity index (χ2n) is 5.59. The van der Waals surface area contributed by atoms with Crippen molar-refractivity contribution in [3.63, 3.8) is 0 Å². The predicted molar refractivity (Wildman–Crippen MR) is 100 cm³/mol. The lowest BCUT2D eigenvalue weighted by atomic mass is 10.2. The lowest BCUT2D eigenvalue weighted by Gasteiger charge is -2.10. The van der Waals surface area contributed by atoms with Gasteiger partial charge in [-0.3, -0.25) is 14.9 Å². The third-order valence-corrected chi connectivity index (χ3v) is 3.88. The number of ether oxygens (including phenoxy) is 1. The van der Waals surface area contributed by atoms with E-state index in [0.29, 0.717) is 17.4 Å². The van der Waals surface area contributed by atoms with E-state index in [1.54, 1.807) is 35.1 Å². The van der Waals surface area contributed by atoms with Crippen LogP contribution in [-0.4, -0.2) is 27.2 Å². The number of benzene rings is 2. The minimum atomic E-state index is -0.526. The van der Waals surface area contributed by atoms with Gasteiger partial charge in [-0.15, -0.1) is 0 Å². The first-order chi connectivity index (χ1) is 13.0. The quantitative estimate of drug-likeness (QED) is 0.494. The topological polar surface area (TPSA) is 99.3 Å². The van der Waals surface area contributed by atoms with E-state index in [0.717, 1.165) is 5.56 Å². The fourth-order valence-corrected chi connectivity index (χ4v) is 2.47. The smallest absolute Gasteiger partial charge is 0.273 e. The van der Waals surface area contributed by atoms with Crippen LogP contribution in [-0.2, 0) is 11.3 Å². The highest BCUT2D eigenvalue weighted by Gasteiger charge is 2.11. The first-order valence-electron chi connectivity index (χ1n) is 7.94. The molecule has 1 N–H and O–H groups in total. The molecule has 9 heteroatoms. The summed E-state index contributed by atoms with van der Waals surface area (Å²) in [6.07, 6.45) is 1.58. The van der Waals surface area contributed by atoms with Gasteiger partial charge in [0.2, 0.25) is 0 Å². The number of rotatable bonds is 7. The number of aromatic nitrogens is 2. The number of nitro benzene ring substituents is 1. The SMILES string of the molecule is O=C(COc1cccc([N+](=O)[O-])c1)Nc1ccnn1Cc1ccc(Cl)cc1. The Bertz CT molecular complexity index is 956. The van der Waals surface area contributed by atoms with Crippen LogP contribution < -0.4 is 10.1 Å². The van der Waals surface area contributed by atoms with Crippen LogP contribution in [0.2, 0.25) is 5.02 Å². The van der Waals surface area contributed by atoms with Crippen molar-refractivity contribution in [1.82, 2.24) is 9.78 Å². The van der Waals surface area contributed by atoms with Crippen molar-refractivity contribution >= 4 is 29.0 Å². The molecule has 3 aromatic rings. The van der Waals surface area contributed by atoms with Crippen molar-refractivity contribution in [2.24, 2.45) is 0 Å². The van der Waals surface area contributed by atoms with Crippen molar-refractivity contribution in [1.29, 1.82) is 0 Å². The predicted octanol–water partition coefficient (Wildman–Crippen LogP) is 3.51. The molecule has 2 aromatic carbocycles. The molecular formula is C18H15ClN4O4. The van der Waals surface area contributed by atoms with Crippen LogP contribution in [0.25, 0.3) is 0 Å². The van der Waals surface area contributed by atoms with Gasteiger partial charge < -0.3 is 10.1 Å². The minimum absolute atomic E-state index is 0.103. The molecule has 0 saturated heterocycles. The molecule has 0 saturated carbocycles. The molecule has 27 heavy (non-hydrogen) atoms. The summed E-state index contributed by atoms with van der Waals surface area (Å²) in [5, 5.41) is 18.3. The average molecular weight is 387 g/mol. The molecule has 0 bridgehead atoms. The number of nitro groups is 1. The molecule has 8 nitrogen and oxygen atoms in total. The van der Waals surface area contributed by atoms with E-state index in [1.165, 1.54) is 18.2 Å². The highest BCUT2D eigenvalue weighted by molar-refractivity contribution is 6.30. The first-order valence-corrected chi connectivity index (χ1v) is 8.32. The fraction of sp³-hybridized carbons (Fsp3) is 0.111. The van der Waals surface area contributed by atoms with Crippen LogP contribution in [0.15, 0.2) is 60.8 Å². The molecule has 0 aliphatic rings. The van der Waals surface area contributed by atoms with Gasteiger partial charge in [-0.25, -0.2) is 4.68 Å². The monoisotopic (exact) mass is 386 g/mol. The molecule has 0 fully saturated rings. The minimum Gasteiger partial charge on any atom is -0.484 e. The summed E-state index contributed by atoms with van der Waals surface area (Å²) in [4.78, 5) is 22.4. The van der Waals surface area contributed by atoms with E-state index in [4.69, 9.17) is 16.3 Å². The number of nitrogens with zero attached hydrogens (tertiary/aromatic N) is 3. The van der Waals surface area contributed by atoms with Crippen molar-refractivity contribution in [2.45, 2.75) is 6.54 Å². The van der Waals surface area contributed by atoms with Crippen molar-refractivity contribution < 1.29 is 14.5 Å². The summed E-state index contributed by atoms with van der Waals surface area (Å²) >= 11 is 5.88. The molecule has 3 rings (SSSR count). The van der Waals surface area contributed by atoms with Crippen molar-refractivity contribution in [3.8, 4) is 5.75 Å². The highest BCUT2D eigenvalue weighted by atomic mass is 35.5. The zero-order chi connectivity index (χ0) is 19.2. The van der Waals surface area contributed by atoms with Gasteiger partial charge in [-0.05, 0) is 23.8 Å². The molecule has 138 valence electrons. The lowest BCUT2D eigenvalue weighted by Crippen LogP contribution is -2.22. The molecule has 0 unspecified atom stereocenters. The number of carbonyl (C=O) groups excluding carboxylic acids is 1. The summed E-state index contributed by atoms with van der Waals surface area (Å²) in [6, 6.07) is 14.6. The van der Waals surface area contributed by atoms with E-state index in [1.807, 2.05) is 12.1 Å². The third-order valence-electron chi connectivity index (χ3n) is 3.63. The summed E-state index contributed by atoms with van der Waals surface area (Å²) in [6.45, 7) is 0.179. The molecule has 0 radical (unpaired) electrons. The maximum absolute atomic E-state index is 12.1. The molecule has 1 aromatic heterocycles. The summed E-state index contributed by atoms with van der Waals surface area (Å²) in [5.74, 6) is 0.353. The number of anilines is 1. The second kappa shape index (κ2) is 8.33. The number of halogens is 1. The van der Waals surface area contributed by atoms with Crippen LogP contribution in [0.3, 0.4) is 0 Å². The van der Waals surface area contributed by atoms with E-state index in [-0.39, 0.29) is 18.0 Å². The largest absolute Gasteiger partial charge is 0.484 e. The Kier molecular flexibility index (Phi) is 5.68. The van der Waals surface area contributed by atoms with Gasteiger partial charge in [0.25, 0.3) is 11.6 Å². The molecule has 0 aliphatic heterocycles. The molecule has 0 atom stereocenters. The van der Waals surface area contributed by atoms with E-state index in [9.17, 15) is 14.9 Å². The van der Waals surface area contributed by atoms with Gasteiger partial charge in [0.15, 0.2) is 6.61 Å². The first kappa shape index (κ1) is 18.4. The number of carbonyl (C=O) groups is 1. The Morgan fingerprint density at radius 1 is 1.22 bits per heavy atom. The molecule has 0 spiro atoms. The number of amides is 1. The van der Waals surface area contributed by atoms with Crippen LogP contribution in [0, 0.1) is 10.1 Å². The molecule has 1 heterocycles. The van der Waals surface area contributed by atoms with E-state index in [2.05, 4.69) is 10.4 Å². The van der Waals surface area contributed by atoms with Gasteiger partial charge in [-0.2, -0.15) is 5.10 Å². The van der Waals surface area contributed by atoms with Crippen LogP contribution in [0.1, 0.15) is 5.56 Å². The third kappa shape index (κ3) is 5.05. The summed E-state index contributed by atoms with van der Waals surface area (Å²) < 4.78 is 6.95. The van der Waals surface area contributed by atoms with E-state index >= 15 is 0 Å². The Morgan fingerprint density at radius 3 is 2.74 bits per heavy atom. The van der Waals surface area contributed by atoms with Crippen LogP contribution in [0.4, 0.5) is 11.5 Å². The maximum atomic E-state index is 12.1. The van der Waals surface area contributed by atoms with Gasteiger partial charge in [-0.1, -0.05) is 29.8 Å². The number of non-ortho nitro benzene ring substituents is 1. The van der Waals surface area contributed by atoms with Crippen LogP contribution >= 0.6 is 11.6 Å².